The monoisotopic (exact) mass is 365 g/mol. The van der Waals surface area contributed by atoms with Gasteiger partial charge in [0.2, 0.25) is 10.6 Å². The van der Waals surface area contributed by atoms with Gasteiger partial charge in [-0.15, -0.1) is 0 Å². The van der Waals surface area contributed by atoms with Crippen LogP contribution in [0.4, 0.5) is 0 Å². The minimum atomic E-state index is -0.314. The standard InChI is InChI=1S/C23H25O2S/c1-23(2,3)25-22-20(24-4)16-11-17-21(22)26(18-12-7-5-8-13-18)19-14-9-6-10-15-19/h5-17H,1-4H3/q+1. The molecule has 3 rings (SSSR count). The molecule has 0 aliphatic rings. The summed E-state index contributed by atoms with van der Waals surface area (Å²) in [5.41, 5.74) is -0.314. The van der Waals surface area contributed by atoms with Gasteiger partial charge in [0.25, 0.3) is 0 Å². The van der Waals surface area contributed by atoms with Gasteiger partial charge >= 0.3 is 0 Å². The summed E-state index contributed by atoms with van der Waals surface area (Å²) in [6, 6.07) is 27.3. The summed E-state index contributed by atoms with van der Waals surface area (Å²) < 4.78 is 12.0. The Bertz CT molecular complexity index is 800. The lowest BCUT2D eigenvalue weighted by molar-refractivity contribution is 0.121. The lowest BCUT2D eigenvalue weighted by Gasteiger charge is -2.24. The van der Waals surface area contributed by atoms with Gasteiger partial charge < -0.3 is 9.47 Å². The van der Waals surface area contributed by atoms with Crippen molar-refractivity contribution in [1.29, 1.82) is 0 Å². The van der Waals surface area contributed by atoms with E-state index in [-0.39, 0.29) is 16.5 Å². The first kappa shape index (κ1) is 18.4. The van der Waals surface area contributed by atoms with Gasteiger partial charge in [0.05, 0.1) is 7.11 Å². The van der Waals surface area contributed by atoms with Crippen LogP contribution in [0.2, 0.25) is 0 Å². The number of benzene rings is 3. The molecule has 0 amide bonds. The van der Waals surface area contributed by atoms with Crippen LogP contribution in [0.5, 0.6) is 11.5 Å². The predicted octanol–water partition coefficient (Wildman–Crippen LogP) is 5.97. The molecule has 0 radical (unpaired) electrons. The second-order valence-electron chi connectivity index (χ2n) is 6.93. The molecule has 0 heterocycles. The van der Waals surface area contributed by atoms with Crippen LogP contribution in [0.25, 0.3) is 0 Å². The van der Waals surface area contributed by atoms with E-state index in [1.54, 1.807) is 7.11 Å². The maximum atomic E-state index is 6.36. The molecule has 0 bridgehead atoms. The fourth-order valence-corrected chi connectivity index (χ4v) is 4.91. The van der Waals surface area contributed by atoms with Gasteiger partial charge in [-0.25, -0.2) is 0 Å². The zero-order valence-electron chi connectivity index (χ0n) is 15.7. The zero-order valence-corrected chi connectivity index (χ0v) is 16.5. The first-order valence-electron chi connectivity index (χ1n) is 8.70. The number of ether oxygens (including phenoxy) is 2. The van der Waals surface area contributed by atoms with Crippen LogP contribution in [-0.2, 0) is 10.9 Å². The summed E-state index contributed by atoms with van der Waals surface area (Å²) in [4.78, 5) is 3.65. The van der Waals surface area contributed by atoms with Gasteiger partial charge in [-0.2, -0.15) is 0 Å². The number of methoxy groups -OCH3 is 1. The molecular formula is C23H25O2S+. The molecule has 0 atom stereocenters. The Balaban J connectivity index is 2.22. The molecule has 0 aromatic heterocycles. The van der Waals surface area contributed by atoms with E-state index in [0.717, 1.165) is 16.4 Å². The molecule has 0 N–H and O–H groups in total. The minimum absolute atomic E-state index is 0.278. The van der Waals surface area contributed by atoms with Crippen molar-refractivity contribution in [3.05, 3.63) is 78.9 Å². The van der Waals surface area contributed by atoms with Gasteiger partial charge in [0, 0.05) is 0 Å². The van der Waals surface area contributed by atoms with Crippen molar-refractivity contribution in [2.75, 3.05) is 7.11 Å². The van der Waals surface area contributed by atoms with Crippen molar-refractivity contribution in [2.24, 2.45) is 0 Å². The molecule has 26 heavy (non-hydrogen) atoms. The molecule has 0 saturated heterocycles. The molecule has 134 valence electrons. The molecular weight excluding hydrogens is 340 g/mol. The van der Waals surface area contributed by atoms with E-state index in [1.807, 2.05) is 24.3 Å². The maximum absolute atomic E-state index is 6.36. The predicted molar refractivity (Wildman–Crippen MR) is 108 cm³/mol. The highest BCUT2D eigenvalue weighted by Gasteiger charge is 2.34. The SMILES string of the molecule is COc1cccc([S+](c2ccccc2)c2ccccc2)c1OC(C)(C)C. The second-order valence-corrected chi connectivity index (χ2v) is 8.93. The van der Waals surface area contributed by atoms with Gasteiger partial charge in [0.15, 0.2) is 15.5 Å². The van der Waals surface area contributed by atoms with Crippen LogP contribution in [0.15, 0.2) is 93.5 Å². The third kappa shape index (κ3) is 4.23. The Labute approximate surface area is 159 Å². The summed E-state index contributed by atoms with van der Waals surface area (Å²) in [6.45, 7) is 6.19. The van der Waals surface area contributed by atoms with Crippen LogP contribution in [0.1, 0.15) is 20.8 Å². The molecule has 3 heteroatoms. The van der Waals surface area contributed by atoms with Crippen molar-refractivity contribution in [1.82, 2.24) is 0 Å². The normalized spacial score (nSPS) is 11.4. The largest absolute Gasteiger partial charge is 0.493 e. The summed E-state index contributed by atoms with van der Waals surface area (Å²) >= 11 is 0. The van der Waals surface area contributed by atoms with E-state index >= 15 is 0 Å². The van der Waals surface area contributed by atoms with Crippen LogP contribution >= 0.6 is 0 Å². The van der Waals surface area contributed by atoms with Crippen LogP contribution < -0.4 is 9.47 Å². The number of hydrogen-bond acceptors (Lipinski definition) is 2. The maximum Gasteiger partial charge on any atom is 0.218 e. The summed E-state index contributed by atoms with van der Waals surface area (Å²) in [7, 11) is 1.41. The fourth-order valence-electron chi connectivity index (χ4n) is 2.73. The summed E-state index contributed by atoms with van der Waals surface area (Å²) in [5.74, 6) is 1.58. The van der Waals surface area contributed by atoms with Crippen LogP contribution in [0.3, 0.4) is 0 Å². The quantitative estimate of drug-likeness (QED) is 0.519. The molecule has 3 aromatic carbocycles. The third-order valence-corrected chi connectivity index (χ3v) is 6.00. The topological polar surface area (TPSA) is 18.5 Å². The van der Waals surface area contributed by atoms with Gasteiger partial charge in [-0.1, -0.05) is 42.5 Å². The minimum Gasteiger partial charge on any atom is -0.493 e. The van der Waals surface area contributed by atoms with E-state index in [2.05, 4.69) is 75.4 Å². The first-order chi connectivity index (χ1) is 12.5. The first-order valence-corrected chi connectivity index (χ1v) is 9.92. The molecule has 0 unspecified atom stereocenters. The average molecular weight is 366 g/mol. The van der Waals surface area contributed by atoms with Crippen molar-refractivity contribution in [3.8, 4) is 11.5 Å². The molecule has 2 nitrogen and oxygen atoms in total. The Morgan fingerprint density at radius 2 is 1.23 bits per heavy atom. The Morgan fingerprint density at radius 3 is 1.69 bits per heavy atom. The molecule has 0 spiro atoms. The molecule has 3 aromatic rings. The van der Waals surface area contributed by atoms with Crippen molar-refractivity contribution >= 4 is 10.9 Å². The van der Waals surface area contributed by atoms with E-state index < -0.39 is 0 Å². The van der Waals surface area contributed by atoms with Crippen molar-refractivity contribution < 1.29 is 9.47 Å². The Kier molecular flexibility index (Phi) is 5.58. The van der Waals surface area contributed by atoms with E-state index in [0.29, 0.717) is 0 Å². The van der Waals surface area contributed by atoms with Gasteiger partial charge in [0.1, 0.15) is 16.5 Å². The lowest BCUT2D eigenvalue weighted by Crippen LogP contribution is -2.24. The molecule has 0 aliphatic carbocycles. The zero-order chi connectivity index (χ0) is 18.6. The fraction of sp³-hybridized carbons (Fsp3) is 0.217. The van der Waals surface area contributed by atoms with Crippen LogP contribution in [0, 0.1) is 0 Å². The highest BCUT2D eigenvalue weighted by molar-refractivity contribution is 7.97. The third-order valence-electron chi connectivity index (χ3n) is 3.75. The van der Waals surface area contributed by atoms with Crippen molar-refractivity contribution in [3.63, 3.8) is 0 Å². The lowest BCUT2D eigenvalue weighted by atomic mass is 10.2. The molecule has 0 saturated carbocycles. The summed E-state index contributed by atoms with van der Waals surface area (Å²) in [6.07, 6.45) is 0. The number of rotatable bonds is 5. The smallest absolute Gasteiger partial charge is 0.218 e. The number of hydrogen-bond donors (Lipinski definition) is 0. The summed E-state index contributed by atoms with van der Waals surface area (Å²) in [5, 5.41) is 0. The average Bonchev–Trinajstić information content (AvgIpc) is 2.64. The molecule has 0 fully saturated rings. The highest BCUT2D eigenvalue weighted by atomic mass is 32.2. The second kappa shape index (κ2) is 7.88. The Hall–Kier alpha value is -2.39. The van der Waals surface area contributed by atoms with E-state index in [9.17, 15) is 0 Å². The van der Waals surface area contributed by atoms with Crippen LogP contribution in [-0.4, -0.2) is 12.7 Å². The number of para-hydroxylation sites is 1. The van der Waals surface area contributed by atoms with Gasteiger partial charge in [-0.3, -0.25) is 0 Å². The van der Waals surface area contributed by atoms with E-state index in [4.69, 9.17) is 9.47 Å². The van der Waals surface area contributed by atoms with Crippen molar-refractivity contribution in [2.45, 2.75) is 41.1 Å². The van der Waals surface area contributed by atoms with Gasteiger partial charge in [-0.05, 0) is 57.2 Å². The van der Waals surface area contributed by atoms with E-state index in [1.165, 1.54) is 9.79 Å². The Morgan fingerprint density at radius 1 is 0.692 bits per heavy atom. The highest BCUT2D eigenvalue weighted by Crippen LogP contribution is 2.42. The molecule has 0 aliphatic heterocycles.